The number of benzene rings is 18. The lowest BCUT2D eigenvalue weighted by Gasteiger charge is -2.34. The highest BCUT2D eigenvalue weighted by atomic mass is 28.3. The van der Waals surface area contributed by atoms with Gasteiger partial charge >= 0.3 is 0 Å². The minimum atomic E-state index is -2.69. The first kappa shape index (κ1) is 80.3. The molecule has 12 heteroatoms. The second kappa shape index (κ2) is 35.0. The van der Waals surface area contributed by atoms with E-state index in [4.69, 9.17) is 26.5 Å². The molecular formula is C120H82N10Si2. The Morgan fingerprint density at radius 2 is 0.568 bits per heavy atom. The average molecular weight is 1720 g/mol. The van der Waals surface area contributed by atoms with Gasteiger partial charge in [-0.3, -0.25) is 0 Å². The normalized spacial score (nSPS) is 12.8. The predicted molar refractivity (Wildman–Crippen MR) is 553 cm³/mol. The van der Waals surface area contributed by atoms with Crippen molar-refractivity contribution in [2.45, 2.75) is 0 Å². The molecular weight excluding hydrogens is 1640 g/mol. The summed E-state index contributed by atoms with van der Waals surface area (Å²) in [5.74, 6) is 2.71. The smallest absolute Gasteiger partial charge is 0.212 e. The molecule has 0 atom stereocenters. The van der Waals surface area contributed by atoms with E-state index in [0.717, 1.165) is 134 Å². The van der Waals surface area contributed by atoms with E-state index in [-0.39, 0.29) is 11.3 Å². The van der Waals surface area contributed by atoms with Crippen molar-refractivity contribution in [3.63, 3.8) is 0 Å². The number of allylic oxidation sites excluding steroid dienone is 1. The minimum Gasteiger partial charge on any atom is -0.339 e. The lowest BCUT2D eigenvalue weighted by atomic mass is 9.95. The number of nitrogens with one attached hydrogen (secondary N) is 2. The zero-order chi connectivity index (χ0) is 88.3. The van der Waals surface area contributed by atoms with Crippen LogP contribution in [0.4, 0.5) is 57.1 Å². The number of amidine groups is 2. The maximum Gasteiger partial charge on any atom is 0.212 e. The second-order valence-electron chi connectivity index (χ2n) is 33.1. The fourth-order valence-corrected chi connectivity index (χ4v) is 29.1. The molecule has 18 aromatic carbocycles. The van der Waals surface area contributed by atoms with Crippen LogP contribution in [-0.4, -0.2) is 37.8 Å². The first-order chi connectivity index (χ1) is 65.3. The maximum atomic E-state index is 11.0. The molecule has 2 aliphatic heterocycles. The number of nitrogens with zero attached hydrogens (tertiary/aromatic N) is 8. The molecule has 0 saturated carbocycles. The van der Waals surface area contributed by atoms with Crippen LogP contribution in [0.5, 0.6) is 0 Å². The second-order valence-corrected chi connectivity index (χ2v) is 40.7. The third kappa shape index (κ3) is 14.7. The Hall–Kier alpha value is -17.5. The molecule has 4 heterocycles. The van der Waals surface area contributed by atoms with Crippen LogP contribution in [-0.2, 0) is 0 Å². The van der Waals surface area contributed by atoms with Crippen LogP contribution in [0.3, 0.4) is 0 Å². The summed E-state index contributed by atoms with van der Waals surface area (Å²) in [6, 6.07) is 170. The van der Waals surface area contributed by atoms with Crippen molar-refractivity contribution in [3.05, 3.63) is 519 Å². The number of rotatable bonds is 22. The van der Waals surface area contributed by atoms with Crippen molar-refractivity contribution in [2.24, 2.45) is 9.98 Å². The average Bonchev–Trinajstić information content (AvgIpc) is 0.948. The van der Waals surface area contributed by atoms with Gasteiger partial charge in [-0.1, -0.05) is 358 Å². The van der Waals surface area contributed by atoms with Crippen LogP contribution in [0.2, 0.25) is 0 Å². The topological polar surface area (TPSA) is 109 Å². The monoisotopic (exact) mass is 1720 g/mol. The van der Waals surface area contributed by atoms with Gasteiger partial charge in [0.15, 0.2) is 27.8 Å². The molecule has 2 aromatic heterocycles. The van der Waals surface area contributed by atoms with Crippen LogP contribution in [0.15, 0.2) is 496 Å². The molecule has 0 unspecified atom stereocenters. The molecule has 132 heavy (non-hydrogen) atoms. The van der Waals surface area contributed by atoms with Gasteiger partial charge in [-0.2, -0.15) is 5.26 Å². The Balaban J connectivity index is 0.478. The summed E-state index contributed by atoms with van der Waals surface area (Å²) in [6.45, 7) is 8.57. The number of aromatic nitrogens is 2. The lowest BCUT2D eigenvalue weighted by molar-refractivity contribution is 1.27. The van der Waals surface area contributed by atoms with Gasteiger partial charge in [0.25, 0.3) is 0 Å². The van der Waals surface area contributed by atoms with Gasteiger partial charge in [-0.05, 0) is 212 Å². The predicted octanol–water partition coefficient (Wildman–Crippen LogP) is 24.5. The molecule has 620 valence electrons. The Morgan fingerprint density at radius 1 is 0.273 bits per heavy atom. The van der Waals surface area contributed by atoms with Gasteiger partial charge in [-0.25, -0.2) is 24.8 Å². The number of pyridine rings is 2. The zero-order valence-corrected chi connectivity index (χ0v) is 73.8. The highest BCUT2D eigenvalue weighted by Crippen LogP contribution is 2.45. The standard InChI is InChI=1S/C120H82N10Si2/c1-122-118(88-54-68-96(69-55-88)130(92-30-12-3-13-31-92)94-64-50-84(51-65-94)89-60-78-114(123-81-89)127-119-109-46-26-44-107-106(76-77-113(126-119)116(107)109)86-58-72-104(73-59-86)132(100-38-20-7-21-39-100,101-40-22-8-23-41-101)102-42-24-9-25-43-102)111(80-121)87-52-66-95(67-53-87)129(91-28-10-2-11-29-91)93-62-48-83(49-63-93)90-61-79-115(124-82-90)128-120-110-75-74-105(108-45-27-47-112(125-120)117(108)110)85-56-70-103(71-57-85)131(97-32-14-4-15-33-97,98-34-16-5-17-35-98)99-36-18-6-19-37-99/h2-79,81-82H,(H,123,126,127)(H,124,125,128)/b118-111-. The fraction of sp³-hybridized carbons (Fsp3) is 0. The summed E-state index contributed by atoms with van der Waals surface area (Å²) in [5.41, 5.74) is 20.0. The van der Waals surface area contributed by atoms with Gasteiger partial charge in [-0.15, -0.1) is 0 Å². The summed E-state index contributed by atoms with van der Waals surface area (Å²) in [7, 11) is -5.38. The largest absolute Gasteiger partial charge is 0.339 e. The van der Waals surface area contributed by atoms with Crippen LogP contribution in [0.25, 0.3) is 82.2 Å². The van der Waals surface area contributed by atoms with E-state index < -0.39 is 16.1 Å². The van der Waals surface area contributed by atoms with Gasteiger partial charge < -0.3 is 20.4 Å². The van der Waals surface area contributed by atoms with Crippen LogP contribution in [0, 0.1) is 17.9 Å². The van der Waals surface area contributed by atoms with Gasteiger partial charge in [0.05, 0.1) is 18.2 Å². The molecule has 10 nitrogen and oxygen atoms in total. The lowest BCUT2D eigenvalue weighted by Crippen LogP contribution is -2.74. The van der Waals surface area contributed by atoms with Crippen molar-refractivity contribution in [1.29, 1.82) is 5.26 Å². The first-order valence-electron chi connectivity index (χ1n) is 44.3. The van der Waals surface area contributed by atoms with E-state index in [1.807, 2.05) is 109 Å². The molecule has 0 bridgehead atoms. The Bertz CT molecular complexity index is 7230. The van der Waals surface area contributed by atoms with Crippen LogP contribution in [0.1, 0.15) is 22.3 Å². The maximum absolute atomic E-state index is 11.0. The highest BCUT2D eigenvalue weighted by molar-refractivity contribution is 7.20. The van der Waals surface area contributed by atoms with Crippen molar-refractivity contribution < 1.29 is 0 Å². The number of hydrogen-bond acceptors (Lipinski definition) is 7. The van der Waals surface area contributed by atoms with Crippen molar-refractivity contribution >= 4 is 159 Å². The molecule has 20 aromatic rings. The summed E-state index contributed by atoms with van der Waals surface area (Å²) in [4.78, 5) is 28.5. The quantitative estimate of drug-likeness (QED) is 0.0229. The Morgan fingerprint density at radius 3 is 0.924 bits per heavy atom. The van der Waals surface area contributed by atoms with E-state index in [0.29, 0.717) is 22.8 Å². The molecule has 0 radical (unpaired) electrons. The third-order valence-corrected chi connectivity index (χ3v) is 35.4. The fourth-order valence-electron chi connectivity index (χ4n) is 19.6. The van der Waals surface area contributed by atoms with Crippen molar-refractivity contribution in [3.8, 4) is 50.6 Å². The number of aliphatic imine (C=N–C) groups is 2. The molecule has 0 amide bonds. The van der Waals surface area contributed by atoms with Gasteiger partial charge in [0, 0.05) is 90.9 Å². The van der Waals surface area contributed by atoms with Gasteiger partial charge in [0.2, 0.25) is 5.70 Å². The summed E-state index contributed by atoms with van der Waals surface area (Å²) >= 11 is 0. The highest BCUT2D eigenvalue weighted by Gasteiger charge is 2.43. The molecule has 2 aliphatic rings. The summed E-state index contributed by atoms with van der Waals surface area (Å²) < 4.78 is 0. The molecule has 0 spiro atoms. The molecule has 2 N–H and O–H groups in total. The van der Waals surface area contributed by atoms with Crippen molar-refractivity contribution in [2.75, 3.05) is 20.4 Å². The first-order valence-corrected chi connectivity index (χ1v) is 48.3. The molecule has 0 aliphatic carbocycles. The van der Waals surface area contributed by atoms with Crippen molar-refractivity contribution in [1.82, 2.24) is 9.97 Å². The third-order valence-electron chi connectivity index (χ3n) is 25.8. The van der Waals surface area contributed by atoms with Gasteiger partial charge in [0.1, 0.15) is 11.7 Å². The van der Waals surface area contributed by atoms with E-state index in [1.165, 1.54) is 41.5 Å². The SMILES string of the molecule is [C-]#[N+]/C(=C(/C#N)c1ccc(N(c2ccccc2)c2ccc(-c3ccc(N=C4Nc5cccc6c(-c7ccc([Si](c8ccccc8)(c8ccccc8)c8ccccc8)cc7)ccc4c56)nc3)cc2)cc1)c1ccc(N(c2ccccc2)c2ccc(-c3ccc(N=C4Nc5ccc(-c6ccc([Si](c7ccccc7)(c7ccccc7)c7ccccc7)cc6)c6cccc4c56)nc3)cc2)cc1. The number of nitriles is 1. The van der Waals surface area contributed by atoms with E-state index >= 15 is 0 Å². The molecule has 0 fully saturated rings. The van der Waals surface area contributed by atoms with Crippen LogP contribution >= 0.6 is 0 Å². The Kier molecular flexibility index (Phi) is 21.3. The van der Waals surface area contributed by atoms with E-state index in [2.05, 4.69) is 407 Å². The van der Waals surface area contributed by atoms with Crippen LogP contribution < -0.4 is 61.9 Å². The minimum absolute atomic E-state index is 0.259. The molecule has 22 rings (SSSR count). The summed E-state index contributed by atoms with van der Waals surface area (Å²) in [6.07, 6.45) is 3.77. The van der Waals surface area contributed by atoms with E-state index in [9.17, 15) is 5.26 Å². The zero-order valence-electron chi connectivity index (χ0n) is 71.8. The number of para-hydroxylation sites is 2. The number of hydrogen-bond donors (Lipinski definition) is 2. The Labute approximate surface area is 769 Å². The molecule has 0 saturated heterocycles. The number of anilines is 8. The van der Waals surface area contributed by atoms with E-state index in [1.54, 1.807) is 0 Å². The summed E-state index contributed by atoms with van der Waals surface area (Å²) in [5, 5.41) is 33.6.